The fraction of sp³-hybridized carbons (Fsp3) is 0.562. The molecule has 2 aliphatic rings. The van der Waals surface area contributed by atoms with E-state index in [0.29, 0.717) is 17.2 Å². The molecule has 1 aliphatic heterocycles. The van der Waals surface area contributed by atoms with Crippen molar-refractivity contribution in [1.82, 2.24) is 0 Å². The number of hydrogen-bond donors (Lipinski definition) is 1. The molecule has 1 N–H and O–H groups in total. The Balaban J connectivity index is 1.83. The largest absolute Gasteiger partial charge is 0.489 e. The zero-order valence-electron chi connectivity index (χ0n) is 11.1. The van der Waals surface area contributed by atoms with E-state index < -0.39 is 5.97 Å². The number of carboxylic acids is 1. The van der Waals surface area contributed by atoms with Gasteiger partial charge < -0.3 is 9.84 Å². The van der Waals surface area contributed by atoms with Crippen LogP contribution in [0, 0.1) is 5.92 Å². The molecule has 19 heavy (non-hydrogen) atoms. The second kappa shape index (κ2) is 5.24. The Hall–Kier alpha value is -1.51. The van der Waals surface area contributed by atoms with E-state index in [1.54, 1.807) is 6.07 Å². The third-order valence-electron chi connectivity index (χ3n) is 4.47. The van der Waals surface area contributed by atoms with Crippen LogP contribution in [0.4, 0.5) is 0 Å². The zero-order chi connectivity index (χ0) is 13.2. The van der Waals surface area contributed by atoms with Crippen molar-refractivity contribution >= 4 is 5.97 Å². The number of aryl methyl sites for hydroxylation is 1. The van der Waals surface area contributed by atoms with Crippen LogP contribution in [-0.2, 0) is 6.42 Å². The van der Waals surface area contributed by atoms with Gasteiger partial charge in [0, 0.05) is 0 Å². The topological polar surface area (TPSA) is 46.5 Å². The van der Waals surface area contributed by atoms with Crippen molar-refractivity contribution in [2.45, 2.75) is 51.0 Å². The van der Waals surface area contributed by atoms with E-state index in [1.807, 2.05) is 12.1 Å². The zero-order valence-corrected chi connectivity index (χ0v) is 11.1. The van der Waals surface area contributed by atoms with E-state index >= 15 is 0 Å². The van der Waals surface area contributed by atoms with Gasteiger partial charge in [0.1, 0.15) is 17.4 Å². The second-order valence-corrected chi connectivity index (χ2v) is 5.69. The number of fused-ring (bicyclic) bond motifs is 1. The lowest BCUT2D eigenvalue weighted by Crippen LogP contribution is -2.33. The molecule has 1 saturated carbocycles. The van der Waals surface area contributed by atoms with Crippen LogP contribution in [0.15, 0.2) is 18.2 Å². The van der Waals surface area contributed by atoms with Crippen molar-refractivity contribution in [2.75, 3.05) is 0 Å². The first-order valence-electron chi connectivity index (χ1n) is 7.27. The van der Waals surface area contributed by atoms with Crippen LogP contribution in [0.5, 0.6) is 5.75 Å². The standard InChI is InChI=1S/C16H20O3/c17-16(18)13-8-4-7-12-9-10-14(19-15(12)13)11-5-2-1-3-6-11/h4,7-8,11,14H,1-3,5-6,9-10H2,(H,17,18). The summed E-state index contributed by atoms with van der Waals surface area (Å²) in [6, 6.07) is 5.44. The summed E-state index contributed by atoms with van der Waals surface area (Å²) in [5.41, 5.74) is 1.37. The molecule has 3 heteroatoms. The van der Waals surface area contributed by atoms with E-state index in [1.165, 1.54) is 32.1 Å². The van der Waals surface area contributed by atoms with Crippen molar-refractivity contribution in [1.29, 1.82) is 0 Å². The summed E-state index contributed by atoms with van der Waals surface area (Å²) >= 11 is 0. The highest BCUT2D eigenvalue weighted by atomic mass is 16.5. The number of carboxylic acid groups (broad SMARTS) is 1. The summed E-state index contributed by atoms with van der Waals surface area (Å²) in [6.07, 6.45) is 8.56. The maximum atomic E-state index is 11.3. The number of para-hydroxylation sites is 1. The minimum Gasteiger partial charge on any atom is -0.489 e. The molecule has 1 unspecified atom stereocenters. The number of carbonyl (C=O) groups is 1. The molecule has 102 valence electrons. The summed E-state index contributed by atoms with van der Waals surface area (Å²) in [7, 11) is 0. The predicted octanol–water partition coefficient (Wildman–Crippen LogP) is 3.66. The molecule has 0 bridgehead atoms. The summed E-state index contributed by atoms with van der Waals surface area (Å²) in [5, 5.41) is 9.26. The van der Waals surface area contributed by atoms with Crippen LogP contribution in [0.3, 0.4) is 0 Å². The minimum absolute atomic E-state index is 0.216. The minimum atomic E-state index is -0.888. The highest BCUT2D eigenvalue weighted by Crippen LogP contribution is 2.37. The number of hydrogen-bond acceptors (Lipinski definition) is 2. The highest BCUT2D eigenvalue weighted by Gasteiger charge is 2.30. The lowest BCUT2D eigenvalue weighted by molar-refractivity contribution is 0.0656. The van der Waals surface area contributed by atoms with Crippen molar-refractivity contribution in [3.63, 3.8) is 0 Å². The predicted molar refractivity (Wildman–Crippen MR) is 72.7 cm³/mol. The summed E-state index contributed by atoms with van der Waals surface area (Å²) in [5.74, 6) is 0.349. The average molecular weight is 260 g/mol. The van der Waals surface area contributed by atoms with Crippen LogP contribution in [0.1, 0.15) is 54.4 Å². The first-order chi connectivity index (χ1) is 9.25. The normalized spacial score (nSPS) is 23.5. The van der Waals surface area contributed by atoms with Crippen LogP contribution >= 0.6 is 0 Å². The van der Waals surface area contributed by atoms with Gasteiger partial charge in [-0.2, -0.15) is 0 Å². The molecular formula is C16H20O3. The van der Waals surface area contributed by atoms with E-state index in [-0.39, 0.29) is 6.10 Å². The molecule has 3 nitrogen and oxygen atoms in total. The fourth-order valence-corrected chi connectivity index (χ4v) is 3.44. The summed E-state index contributed by atoms with van der Waals surface area (Å²) in [6.45, 7) is 0. The Labute approximate surface area is 113 Å². The van der Waals surface area contributed by atoms with Crippen molar-refractivity contribution in [3.8, 4) is 5.75 Å². The smallest absolute Gasteiger partial charge is 0.339 e. The van der Waals surface area contributed by atoms with Crippen molar-refractivity contribution < 1.29 is 14.6 Å². The van der Waals surface area contributed by atoms with E-state index in [0.717, 1.165) is 18.4 Å². The van der Waals surface area contributed by atoms with Crippen LogP contribution < -0.4 is 4.74 Å². The molecule has 1 aliphatic carbocycles. The Morgan fingerprint density at radius 3 is 2.68 bits per heavy atom. The maximum absolute atomic E-state index is 11.3. The fourth-order valence-electron chi connectivity index (χ4n) is 3.44. The molecule has 0 radical (unpaired) electrons. The molecule has 1 heterocycles. The van der Waals surface area contributed by atoms with Gasteiger partial charge in [0.15, 0.2) is 0 Å². The molecule has 1 atom stereocenters. The van der Waals surface area contributed by atoms with E-state index in [4.69, 9.17) is 4.74 Å². The van der Waals surface area contributed by atoms with Gasteiger partial charge in [-0.25, -0.2) is 4.79 Å². The van der Waals surface area contributed by atoms with Gasteiger partial charge in [-0.15, -0.1) is 0 Å². The molecule has 0 amide bonds. The molecule has 3 rings (SSSR count). The Bertz CT molecular complexity index is 475. The third-order valence-corrected chi connectivity index (χ3v) is 4.47. The van der Waals surface area contributed by atoms with E-state index in [9.17, 15) is 9.90 Å². The van der Waals surface area contributed by atoms with Gasteiger partial charge in [0.25, 0.3) is 0 Å². The van der Waals surface area contributed by atoms with Crippen LogP contribution in [-0.4, -0.2) is 17.2 Å². The van der Waals surface area contributed by atoms with Gasteiger partial charge in [-0.3, -0.25) is 0 Å². The Kier molecular flexibility index (Phi) is 3.45. The number of aromatic carboxylic acids is 1. The molecule has 1 aromatic carbocycles. The van der Waals surface area contributed by atoms with Gasteiger partial charge in [-0.05, 0) is 43.2 Å². The van der Waals surface area contributed by atoms with Gasteiger partial charge in [0.05, 0.1) is 0 Å². The first kappa shape index (κ1) is 12.5. The third kappa shape index (κ3) is 2.46. The number of benzene rings is 1. The summed E-state index contributed by atoms with van der Waals surface area (Å²) < 4.78 is 6.08. The van der Waals surface area contributed by atoms with Crippen molar-refractivity contribution in [3.05, 3.63) is 29.3 Å². The molecule has 1 aromatic rings. The molecule has 0 aromatic heterocycles. The molecular weight excluding hydrogens is 240 g/mol. The van der Waals surface area contributed by atoms with Crippen LogP contribution in [0.25, 0.3) is 0 Å². The number of ether oxygens (including phenoxy) is 1. The lowest BCUT2D eigenvalue weighted by Gasteiger charge is -2.34. The molecule has 0 spiro atoms. The monoisotopic (exact) mass is 260 g/mol. The Morgan fingerprint density at radius 1 is 1.16 bits per heavy atom. The van der Waals surface area contributed by atoms with Crippen molar-refractivity contribution in [2.24, 2.45) is 5.92 Å². The van der Waals surface area contributed by atoms with Gasteiger partial charge in [-0.1, -0.05) is 31.4 Å². The highest BCUT2D eigenvalue weighted by molar-refractivity contribution is 5.91. The second-order valence-electron chi connectivity index (χ2n) is 5.69. The summed E-state index contributed by atoms with van der Waals surface area (Å²) in [4.78, 5) is 11.3. The van der Waals surface area contributed by atoms with Crippen LogP contribution in [0.2, 0.25) is 0 Å². The van der Waals surface area contributed by atoms with Gasteiger partial charge >= 0.3 is 5.97 Å². The molecule has 1 fully saturated rings. The Morgan fingerprint density at radius 2 is 1.95 bits per heavy atom. The quantitative estimate of drug-likeness (QED) is 0.882. The average Bonchev–Trinajstić information content (AvgIpc) is 2.47. The van der Waals surface area contributed by atoms with Gasteiger partial charge in [0.2, 0.25) is 0 Å². The SMILES string of the molecule is O=C(O)c1cccc2c1OC(C1CCCCC1)CC2. The maximum Gasteiger partial charge on any atom is 0.339 e. The van der Waals surface area contributed by atoms with E-state index in [2.05, 4.69) is 0 Å². The molecule has 0 saturated heterocycles. The number of rotatable bonds is 2. The lowest BCUT2D eigenvalue weighted by atomic mass is 9.82. The first-order valence-corrected chi connectivity index (χ1v) is 7.27.